The van der Waals surface area contributed by atoms with Crippen LogP contribution < -0.4 is 4.74 Å². The fraction of sp³-hybridized carbons (Fsp3) is 0.562. The number of nitrogens with zero attached hydrogens (tertiary/aromatic N) is 1. The molecule has 4 nitrogen and oxygen atoms in total. The predicted molar refractivity (Wildman–Crippen MR) is 78.0 cm³/mol. The summed E-state index contributed by atoms with van der Waals surface area (Å²) in [6.45, 7) is 9.33. The average Bonchev–Trinajstić information content (AvgIpc) is 2.57. The van der Waals surface area contributed by atoms with Crippen molar-refractivity contribution in [3.05, 3.63) is 29.3 Å². The molecule has 1 aliphatic heterocycles. The number of hydrogen-bond donors (Lipinski definition) is 0. The Hall–Kier alpha value is -1.71. The molecule has 110 valence electrons. The molecule has 1 aromatic carbocycles. The highest BCUT2D eigenvalue weighted by Gasteiger charge is 2.25. The molecule has 0 aliphatic carbocycles. The third kappa shape index (κ3) is 3.65. The van der Waals surface area contributed by atoms with E-state index in [1.54, 1.807) is 4.90 Å². The second-order valence-electron chi connectivity index (χ2n) is 6.05. The number of fused-ring (bicyclic) bond motifs is 1. The van der Waals surface area contributed by atoms with E-state index in [1.807, 2.05) is 26.8 Å². The van der Waals surface area contributed by atoms with Gasteiger partial charge >= 0.3 is 6.09 Å². The Labute approximate surface area is 120 Å². The zero-order chi connectivity index (χ0) is 14.8. The Bertz CT molecular complexity index is 491. The highest BCUT2D eigenvalue weighted by atomic mass is 16.6. The summed E-state index contributed by atoms with van der Waals surface area (Å²) >= 11 is 0. The molecule has 0 atom stereocenters. The summed E-state index contributed by atoms with van der Waals surface area (Å²) in [5, 5.41) is 0. The van der Waals surface area contributed by atoms with Crippen molar-refractivity contribution in [2.75, 3.05) is 13.2 Å². The van der Waals surface area contributed by atoms with E-state index in [2.05, 4.69) is 19.1 Å². The summed E-state index contributed by atoms with van der Waals surface area (Å²) in [6.07, 6.45) is 0.690. The van der Waals surface area contributed by atoms with Crippen LogP contribution in [0.15, 0.2) is 18.2 Å². The molecule has 0 unspecified atom stereocenters. The van der Waals surface area contributed by atoms with Crippen LogP contribution in [-0.4, -0.2) is 29.7 Å². The van der Waals surface area contributed by atoms with Crippen LogP contribution in [0.1, 0.15) is 38.8 Å². The molecule has 0 bridgehead atoms. The van der Waals surface area contributed by atoms with Crippen molar-refractivity contribution in [3.63, 3.8) is 0 Å². The van der Waals surface area contributed by atoms with Gasteiger partial charge in [0.2, 0.25) is 0 Å². The molecule has 0 saturated carbocycles. The highest BCUT2D eigenvalue weighted by molar-refractivity contribution is 5.68. The van der Waals surface area contributed by atoms with Crippen molar-refractivity contribution < 1.29 is 14.3 Å². The minimum absolute atomic E-state index is 0.282. The van der Waals surface area contributed by atoms with Crippen LogP contribution >= 0.6 is 0 Å². The summed E-state index contributed by atoms with van der Waals surface area (Å²) in [4.78, 5) is 13.9. The van der Waals surface area contributed by atoms with Gasteiger partial charge in [-0.15, -0.1) is 0 Å². The molecule has 0 fully saturated rings. The smallest absolute Gasteiger partial charge is 0.410 e. The number of hydrogen-bond acceptors (Lipinski definition) is 3. The van der Waals surface area contributed by atoms with Crippen molar-refractivity contribution in [2.24, 2.45) is 0 Å². The fourth-order valence-electron chi connectivity index (χ4n) is 2.15. The molecule has 4 heteroatoms. The van der Waals surface area contributed by atoms with Crippen LogP contribution in [0.2, 0.25) is 0 Å². The van der Waals surface area contributed by atoms with Crippen LogP contribution in [0.3, 0.4) is 0 Å². The summed E-state index contributed by atoms with van der Waals surface area (Å²) in [5.74, 6) is 0.869. The number of amides is 1. The summed E-state index contributed by atoms with van der Waals surface area (Å²) in [6, 6.07) is 6.17. The largest absolute Gasteiger partial charge is 0.491 e. The molecule has 0 saturated heterocycles. The van der Waals surface area contributed by atoms with Crippen molar-refractivity contribution >= 4 is 6.09 Å². The van der Waals surface area contributed by atoms with Gasteiger partial charge < -0.3 is 14.4 Å². The van der Waals surface area contributed by atoms with E-state index in [1.165, 1.54) is 5.56 Å². The van der Waals surface area contributed by atoms with E-state index in [9.17, 15) is 4.79 Å². The van der Waals surface area contributed by atoms with Gasteiger partial charge in [-0.25, -0.2) is 4.79 Å². The van der Waals surface area contributed by atoms with Gasteiger partial charge in [-0.3, -0.25) is 0 Å². The van der Waals surface area contributed by atoms with Gasteiger partial charge in [0.05, 0.1) is 13.1 Å². The van der Waals surface area contributed by atoms with E-state index in [0.717, 1.165) is 17.7 Å². The molecule has 1 aliphatic rings. The third-order valence-electron chi connectivity index (χ3n) is 3.16. The summed E-state index contributed by atoms with van der Waals surface area (Å²) < 4.78 is 11.1. The lowest BCUT2D eigenvalue weighted by Crippen LogP contribution is -2.37. The van der Waals surface area contributed by atoms with Crippen molar-refractivity contribution in [1.82, 2.24) is 4.90 Å². The van der Waals surface area contributed by atoms with Crippen LogP contribution in [0, 0.1) is 0 Å². The maximum Gasteiger partial charge on any atom is 0.410 e. The van der Waals surface area contributed by atoms with Gasteiger partial charge in [0.15, 0.2) is 0 Å². The third-order valence-corrected chi connectivity index (χ3v) is 3.16. The minimum Gasteiger partial charge on any atom is -0.491 e. The Morgan fingerprint density at radius 2 is 2.15 bits per heavy atom. The first-order valence-electron chi connectivity index (χ1n) is 7.11. The standard InChI is InChI=1S/C16H23NO3/c1-5-12-6-7-14-13(10-12)11-17(8-9-19-14)15(18)20-16(2,3)4/h6-7,10H,5,8-9,11H2,1-4H3. The normalized spacial score (nSPS) is 15.1. The number of aryl methyl sites for hydroxylation is 1. The number of ether oxygens (including phenoxy) is 2. The second-order valence-corrected chi connectivity index (χ2v) is 6.05. The van der Waals surface area contributed by atoms with Gasteiger partial charge in [-0.05, 0) is 38.8 Å². The zero-order valence-electron chi connectivity index (χ0n) is 12.7. The first-order valence-corrected chi connectivity index (χ1v) is 7.11. The van der Waals surface area contributed by atoms with E-state index in [-0.39, 0.29) is 6.09 Å². The van der Waals surface area contributed by atoms with Gasteiger partial charge in [-0.1, -0.05) is 19.1 Å². The van der Waals surface area contributed by atoms with Crippen LogP contribution in [0.25, 0.3) is 0 Å². The fourth-order valence-corrected chi connectivity index (χ4v) is 2.15. The first-order chi connectivity index (χ1) is 9.39. The lowest BCUT2D eigenvalue weighted by molar-refractivity contribution is 0.0225. The Kier molecular flexibility index (Phi) is 4.21. The predicted octanol–water partition coefficient (Wildman–Crippen LogP) is 3.38. The molecule has 0 aromatic heterocycles. The summed E-state index contributed by atoms with van der Waals surface area (Å²) in [5.41, 5.74) is 1.82. The maximum atomic E-state index is 12.2. The molecule has 0 radical (unpaired) electrons. The molecule has 1 heterocycles. The van der Waals surface area contributed by atoms with Crippen LogP contribution in [0.4, 0.5) is 4.79 Å². The number of carbonyl (C=O) groups excluding carboxylic acids is 1. The first kappa shape index (κ1) is 14.7. The quantitative estimate of drug-likeness (QED) is 0.790. The topological polar surface area (TPSA) is 38.8 Å². The van der Waals surface area contributed by atoms with E-state index in [4.69, 9.17) is 9.47 Å². The lowest BCUT2D eigenvalue weighted by atomic mass is 10.1. The second kappa shape index (κ2) is 5.73. The monoisotopic (exact) mass is 277 g/mol. The molecular weight excluding hydrogens is 254 g/mol. The molecule has 2 rings (SSSR count). The van der Waals surface area contributed by atoms with Crippen molar-refractivity contribution in [1.29, 1.82) is 0 Å². The molecular formula is C16H23NO3. The molecule has 1 amide bonds. The Morgan fingerprint density at radius 3 is 2.80 bits per heavy atom. The maximum absolute atomic E-state index is 12.2. The van der Waals surface area contributed by atoms with E-state index < -0.39 is 5.60 Å². The molecule has 0 spiro atoms. The number of rotatable bonds is 1. The van der Waals surface area contributed by atoms with Crippen molar-refractivity contribution in [2.45, 2.75) is 46.3 Å². The molecule has 1 aromatic rings. The lowest BCUT2D eigenvalue weighted by Gasteiger charge is -2.26. The average molecular weight is 277 g/mol. The molecule has 0 N–H and O–H groups in total. The van der Waals surface area contributed by atoms with Crippen molar-refractivity contribution in [3.8, 4) is 5.75 Å². The minimum atomic E-state index is -0.474. The zero-order valence-corrected chi connectivity index (χ0v) is 12.7. The number of benzene rings is 1. The van der Waals surface area contributed by atoms with Gasteiger partial charge in [-0.2, -0.15) is 0 Å². The van der Waals surface area contributed by atoms with E-state index >= 15 is 0 Å². The number of carbonyl (C=O) groups is 1. The van der Waals surface area contributed by atoms with E-state index in [0.29, 0.717) is 19.7 Å². The highest BCUT2D eigenvalue weighted by Crippen LogP contribution is 2.25. The molecule has 20 heavy (non-hydrogen) atoms. The van der Waals surface area contributed by atoms with Gasteiger partial charge in [0, 0.05) is 5.56 Å². The van der Waals surface area contributed by atoms with Crippen LogP contribution in [0.5, 0.6) is 5.75 Å². The van der Waals surface area contributed by atoms with Gasteiger partial charge in [0.1, 0.15) is 18.0 Å². The Balaban J connectivity index is 2.16. The Morgan fingerprint density at radius 1 is 1.40 bits per heavy atom. The van der Waals surface area contributed by atoms with Crippen LogP contribution in [-0.2, 0) is 17.7 Å². The SMILES string of the molecule is CCc1ccc2c(c1)CN(C(=O)OC(C)(C)C)CCO2. The van der Waals surface area contributed by atoms with Gasteiger partial charge in [0.25, 0.3) is 0 Å². The summed E-state index contributed by atoms with van der Waals surface area (Å²) in [7, 11) is 0.